The van der Waals surface area contributed by atoms with Crippen molar-refractivity contribution in [2.24, 2.45) is 5.73 Å². The third kappa shape index (κ3) is 1.84. The van der Waals surface area contributed by atoms with Crippen molar-refractivity contribution in [3.63, 3.8) is 0 Å². The van der Waals surface area contributed by atoms with E-state index < -0.39 is 0 Å². The van der Waals surface area contributed by atoms with E-state index in [9.17, 15) is 0 Å². The first-order chi connectivity index (χ1) is 8.66. The summed E-state index contributed by atoms with van der Waals surface area (Å²) in [6, 6.07) is 8.44. The standard InChI is InChI=1S/C14H16ClN3/c1-9-4-2-3-5-11(9)14-17-13(15)12-7-6-10(16)8-18(12)14/h2-5,10H,6-8,16H2,1H3. The number of hydrogen-bond acceptors (Lipinski definition) is 2. The van der Waals surface area contributed by atoms with Crippen molar-refractivity contribution in [3.05, 3.63) is 40.7 Å². The van der Waals surface area contributed by atoms with E-state index >= 15 is 0 Å². The maximum atomic E-state index is 6.24. The average Bonchev–Trinajstić information content (AvgIpc) is 2.67. The van der Waals surface area contributed by atoms with Gasteiger partial charge in [0.15, 0.2) is 5.15 Å². The molecule has 0 amide bonds. The highest BCUT2D eigenvalue weighted by Crippen LogP contribution is 2.31. The molecule has 4 heteroatoms. The minimum Gasteiger partial charge on any atom is -0.326 e. The van der Waals surface area contributed by atoms with Gasteiger partial charge in [-0.1, -0.05) is 35.9 Å². The second-order valence-electron chi connectivity index (χ2n) is 4.90. The fourth-order valence-electron chi connectivity index (χ4n) is 2.57. The number of rotatable bonds is 1. The van der Waals surface area contributed by atoms with Crippen LogP contribution in [0, 0.1) is 6.92 Å². The molecule has 0 spiro atoms. The quantitative estimate of drug-likeness (QED) is 0.858. The molecule has 0 saturated heterocycles. The zero-order valence-electron chi connectivity index (χ0n) is 10.4. The summed E-state index contributed by atoms with van der Waals surface area (Å²) in [7, 11) is 0. The van der Waals surface area contributed by atoms with Crippen LogP contribution in [-0.2, 0) is 13.0 Å². The Labute approximate surface area is 112 Å². The molecule has 1 aliphatic heterocycles. The van der Waals surface area contributed by atoms with Crippen LogP contribution in [0.4, 0.5) is 0 Å². The number of hydrogen-bond donors (Lipinski definition) is 1. The van der Waals surface area contributed by atoms with Gasteiger partial charge in [0, 0.05) is 18.2 Å². The van der Waals surface area contributed by atoms with E-state index in [1.165, 1.54) is 5.56 Å². The van der Waals surface area contributed by atoms with Gasteiger partial charge in [-0.15, -0.1) is 0 Å². The van der Waals surface area contributed by atoms with Gasteiger partial charge in [-0.05, 0) is 25.3 Å². The molecule has 1 aromatic carbocycles. The molecular weight excluding hydrogens is 246 g/mol. The largest absolute Gasteiger partial charge is 0.326 e. The lowest BCUT2D eigenvalue weighted by molar-refractivity contribution is 0.464. The number of halogens is 1. The lowest BCUT2D eigenvalue weighted by atomic mass is 10.0. The van der Waals surface area contributed by atoms with Crippen molar-refractivity contribution >= 4 is 11.6 Å². The lowest BCUT2D eigenvalue weighted by Crippen LogP contribution is -2.32. The van der Waals surface area contributed by atoms with E-state index in [4.69, 9.17) is 17.3 Å². The second-order valence-corrected chi connectivity index (χ2v) is 5.26. The van der Waals surface area contributed by atoms with Crippen molar-refractivity contribution in [2.75, 3.05) is 0 Å². The number of imidazole rings is 1. The van der Waals surface area contributed by atoms with Gasteiger partial charge in [0.2, 0.25) is 0 Å². The fourth-order valence-corrected chi connectivity index (χ4v) is 2.85. The van der Waals surface area contributed by atoms with E-state index in [1.807, 2.05) is 12.1 Å². The first kappa shape index (κ1) is 11.8. The van der Waals surface area contributed by atoms with Crippen molar-refractivity contribution in [1.82, 2.24) is 9.55 Å². The van der Waals surface area contributed by atoms with E-state index in [0.29, 0.717) is 5.15 Å². The number of nitrogens with two attached hydrogens (primary N) is 1. The summed E-state index contributed by atoms with van der Waals surface area (Å²) >= 11 is 6.24. The predicted octanol–water partition coefficient (Wildman–Crippen LogP) is 2.79. The molecule has 3 rings (SSSR count). The molecule has 3 nitrogen and oxygen atoms in total. The van der Waals surface area contributed by atoms with Crippen LogP contribution in [0.15, 0.2) is 24.3 Å². The van der Waals surface area contributed by atoms with Crippen molar-refractivity contribution in [1.29, 1.82) is 0 Å². The molecule has 1 aliphatic rings. The summed E-state index contributed by atoms with van der Waals surface area (Å²) in [4.78, 5) is 4.53. The highest BCUT2D eigenvalue weighted by atomic mass is 35.5. The van der Waals surface area contributed by atoms with Gasteiger partial charge in [0.05, 0.1) is 5.69 Å². The summed E-state index contributed by atoms with van der Waals surface area (Å²) < 4.78 is 2.18. The number of nitrogens with zero attached hydrogens (tertiary/aromatic N) is 2. The molecule has 0 radical (unpaired) electrons. The highest BCUT2D eigenvalue weighted by Gasteiger charge is 2.23. The molecule has 1 atom stereocenters. The van der Waals surface area contributed by atoms with Gasteiger partial charge in [-0.2, -0.15) is 0 Å². The van der Waals surface area contributed by atoms with Crippen molar-refractivity contribution in [3.8, 4) is 11.4 Å². The highest BCUT2D eigenvalue weighted by molar-refractivity contribution is 6.30. The lowest BCUT2D eigenvalue weighted by Gasteiger charge is -2.22. The number of aryl methyl sites for hydroxylation is 1. The first-order valence-corrected chi connectivity index (χ1v) is 6.61. The van der Waals surface area contributed by atoms with Crippen LogP contribution in [0.1, 0.15) is 17.7 Å². The Balaban J connectivity index is 2.17. The molecule has 0 bridgehead atoms. The molecule has 0 fully saturated rings. The minimum absolute atomic E-state index is 0.200. The molecule has 18 heavy (non-hydrogen) atoms. The Hall–Kier alpha value is -1.32. The molecule has 0 saturated carbocycles. The van der Waals surface area contributed by atoms with Crippen LogP contribution in [0.25, 0.3) is 11.4 Å². The fraction of sp³-hybridized carbons (Fsp3) is 0.357. The van der Waals surface area contributed by atoms with Crippen LogP contribution in [-0.4, -0.2) is 15.6 Å². The van der Waals surface area contributed by atoms with Gasteiger partial charge >= 0.3 is 0 Å². The average molecular weight is 262 g/mol. The summed E-state index contributed by atoms with van der Waals surface area (Å²) in [5, 5.41) is 0.625. The topological polar surface area (TPSA) is 43.8 Å². The van der Waals surface area contributed by atoms with E-state index in [0.717, 1.165) is 36.5 Å². The SMILES string of the molecule is Cc1ccccc1-c1nc(Cl)c2n1CC(N)CC2. The predicted molar refractivity (Wildman–Crippen MR) is 73.7 cm³/mol. The van der Waals surface area contributed by atoms with Gasteiger partial charge in [0.25, 0.3) is 0 Å². The van der Waals surface area contributed by atoms with Crippen LogP contribution in [0.2, 0.25) is 5.15 Å². The zero-order valence-corrected chi connectivity index (χ0v) is 11.1. The molecule has 94 valence electrons. The molecule has 1 aromatic heterocycles. The van der Waals surface area contributed by atoms with Crippen LogP contribution >= 0.6 is 11.6 Å². The minimum atomic E-state index is 0.200. The third-order valence-corrected chi connectivity index (χ3v) is 3.88. The number of aromatic nitrogens is 2. The maximum Gasteiger partial charge on any atom is 0.150 e. The molecule has 0 aliphatic carbocycles. The number of benzene rings is 1. The van der Waals surface area contributed by atoms with Crippen LogP contribution < -0.4 is 5.73 Å². The summed E-state index contributed by atoms with van der Waals surface area (Å²) in [6.45, 7) is 2.90. The Morgan fingerprint density at radius 3 is 2.94 bits per heavy atom. The van der Waals surface area contributed by atoms with E-state index in [2.05, 4.69) is 28.6 Å². The third-order valence-electron chi connectivity index (χ3n) is 3.58. The maximum absolute atomic E-state index is 6.24. The van der Waals surface area contributed by atoms with Gasteiger partial charge in [0.1, 0.15) is 5.82 Å². The summed E-state index contributed by atoms with van der Waals surface area (Å²) in [5.41, 5.74) is 9.52. The first-order valence-electron chi connectivity index (χ1n) is 6.23. The Morgan fingerprint density at radius 1 is 1.39 bits per heavy atom. The monoisotopic (exact) mass is 261 g/mol. The number of fused-ring (bicyclic) bond motifs is 1. The summed E-state index contributed by atoms with van der Waals surface area (Å²) in [6.07, 6.45) is 1.90. The summed E-state index contributed by atoms with van der Waals surface area (Å²) in [5.74, 6) is 0.947. The van der Waals surface area contributed by atoms with Crippen molar-refractivity contribution < 1.29 is 0 Å². The van der Waals surface area contributed by atoms with Gasteiger partial charge in [-0.3, -0.25) is 0 Å². The molecule has 2 heterocycles. The van der Waals surface area contributed by atoms with Gasteiger partial charge in [-0.25, -0.2) is 4.98 Å². The normalized spacial score (nSPS) is 18.7. The van der Waals surface area contributed by atoms with Crippen LogP contribution in [0.5, 0.6) is 0 Å². The van der Waals surface area contributed by atoms with Crippen molar-refractivity contribution in [2.45, 2.75) is 32.4 Å². The van der Waals surface area contributed by atoms with Crippen LogP contribution in [0.3, 0.4) is 0 Å². The van der Waals surface area contributed by atoms with Gasteiger partial charge < -0.3 is 10.3 Å². The molecule has 2 N–H and O–H groups in total. The molecule has 1 unspecified atom stereocenters. The second kappa shape index (κ2) is 4.41. The smallest absolute Gasteiger partial charge is 0.150 e. The zero-order chi connectivity index (χ0) is 12.7. The molecular formula is C14H16ClN3. The molecule has 2 aromatic rings. The Kier molecular flexibility index (Phi) is 2.88. The van der Waals surface area contributed by atoms with E-state index in [-0.39, 0.29) is 6.04 Å². The Morgan fingerprint density at radius 2 is 2.17 bits per heavy atom. The van der Waals surface area contributed by atoms with E-state index in [1.54, 1.807) is 0 Å². The Bertz CT molecular complexity index is 589.